The second kappa shape index (κ2) is 9.86. The molecule has 6 nitrogen and oxygen atoms in total. The van der Waals surface area contributed by atoms with Crippen LogP contribution < -0.4 is 16.0 Å². The maximum Gasteiger partial charge on any atom is 0.434 e. The summed E-state index contributed by atoms with van der Waals surface area (Å²) in [7, 11) is 0. The number of carbonyl (C=O) groups excluding carboxylic acids is 1. The highest BCUT2D eigenvalue weighted by Gasteiger charge is 2.34. The molecule has 0 radical (unpaired) electrons. The smallest absolute Gasteiger partial charge is 0.379 e. The topological polar surface area (TPSA) is 70.5 Å². The van der Waals surface area contributed by atoms with Crippen LogP contribution in [-0.2, 0) is 6.18 Å². The van der Waals surface area contributed by atoms with Crippen molar-refractivity contribution < 1.29 is 26.7 Å². The number of hydrogen-bond donors (Lipinski definition) is 3. The number of nitrogens with one attached hydrogen (secondary N) is 3. The summed E-state index contributed by atoms with van der Waals surface area (Å²) in [5, 5.41) is 8.88. The van der Waals surface area contributed by atoms with Gasteiger partial charge in [0.15, 0.2) is 5.69 Å². The van der Waals surface area contributed by atoms with Gasteiger partial charge in [-0.1, -0.05) is 6.07 Å². The van der Waals surface area contributed by atoms with Crippen LogP contribution in [0.25, 0.3) is 5.65 Å². The molecule has 1 fully saturated rings. The van der Waals surface area contributed by atoms with Crippen LogP contribution in [0.3, 0.4) is 0 Å². The number of hydrogen-bond acceptors (Lipinski definition) is 4. The van der Waals surface area contributed by atoms with Gasteiger partial charge in [-0.3, -0.25) is 9.20 Å². The quantitative estimate of drug-likeness (QED) is 0.407. The molecule has 2 heterocycles. The Balaban J connectivity index is 1.30. The predicted molar refractivity (Wildman–Crippen MR) is 118 cm³/mol. The van der Waals surface area contributed by atoms with Crippen molar-refractivity contribution in [3.63, 3.8) is 0 Å². The molecule has 0 aliphatic heterocycles. The first kappa shape index (κ1) is 23.8. The normalized spacial score (nSPS) is 18.8. The zero-order valence-corrected chi connectivity index (χ0v) is 18.1. The zero-order valence-electron chi connectivity index (χ0n) is 18.1. The molecule has 1 aromatic carbocycles. The maximum atomic E-state index is 13.0. The number of anilines is 2. The summed E-state index contributed by atoms with van der Waals surface area (Å²) in [6, 6.07) is 11.2. The highest BCUT2D eigenvalue weighted by molar-refractivity contribution is 5.94. The molecule has 0 saturated heterocycles. The van der Waals surface area contributed by atoms with E-state index in [4.69, 9.17) is 0 Å². The standard InChI is InChI=1S/C23H24F5N5O/c24-19(25)12-29-15-6-4-14(5-7-15)22(34)31-17-10-8-16(9-11-17)30-20-2-1-3-21-32-18(13-33(20)21)23(26,27)28/h1-7,13,16-17,19,29-30H,8-12H2,(H,31,34)/t16-,17+. The van der Waals surface area contributed by atoms with Gasteiger partial charge in [0, 0.05) is 29.5 Å². The lowest BCUT2D eigenvalue weighted by Crippen LogP contribution is -2.40. The molecule has 34 heavy (non-hydrogen) atoms. The highest BCUT2D eigenvalue weighted by atomic mass is 19.4. The summed E-state index contributed by atoms with van der Waals surface area (Å²) in [6.07, 6.45) is -3.09. The van der Waals surface area contributed by atoms with Gasteiger partial charge >= 0.3 is 6.18 Å². The van der Waals surface area contributed by atoms with Crippen molar-refractivity contribution in [2.75, 3.05) is 17.2 Å². The molecule has 3 aromatic rings. The Hall–Kier alpha value is -3.37. The molecule has 11 heteroatoms. The number of rotatable bonds is 7. The van der Waals surface area contributed by atoms with Gasteiger partial charge in [0.25, 0.3) is 12.3 Å². The Morgan fingerprint density at radius 2 is 1.71 bits per heavy atom. The molecule has 1 aliphatic carbocycles. The summed E-state index contributed by atoms with van der Waals surface area (Å²) in [5.74, 6) is 0.299. The second-order valence-electron chi connectivity index (χ2n) is 8.28. The number of alkyl halides is 5. The third kappa shape index (κ3) is 5.75. The molecule has 0 bridgehead atoms. The Kier molecular flexibility index (Phi) is 6.90. The van der Waals surface area contributed by atoms with Crippen LogP contribution >= 0.6 is 0 Å². The minimum atomic E-state index is -4.51. The first-order valence-corrected chi connectivity index (χ1v) is 10.9. The molecule has 3 N–H and O–H groups in total. The van der Waals surface area contributed by atoms with Gasteiger partial charge < -0.3 is 16.0 Å². The minimum absolute atomic E-state index is 0.0249. The number of pyridine rings is 1. The Morgan fingerprint density at radius 1 is 1.03 bits per heavy atom. The van der Waals surface area contributed by atoms with Crippen LogP contribution in [0.1, 0.15) is 41.7 Å². The van der Waals surface area contributed by atoms with Gasteiger partial charge in [0.2, 0.25) is 0 Å². The molecule has 0 spiro atoms. The fourth-order valence-corrected chi connectivity index (χ4v) is 4.06. The molecular formula is C23H24F5N5O. The first-order chi connectivity index (χ1) is 16.2. The first-order valence-electron chi connectivity index (χ1n) is 10.9. The molecular weight excluding hydrogens is 457 g/mol. The second-order valence-corrected chi connectivity index (χ2v) is 8.28. The van der Waals surface area contributed by atoms with Gasteiger partial charge in [-0.2, -0.15) is 13.2 Å². The van der Waals surface area contributed by atoms with Crippen molar-refractivity contribution in [3.05, 3.63) is 59.9 Å². The van der Waals surface area contributed by atoms with Crippen molar-refractivity contribution in [1.82, 2.24) is 14.7 Å². The van der Waals surface area contributed by atoms with Crippen molar-refractivity contribution in [2.24, 2.45) is 0 Å². The number of imidazole rings is 1. The summed E-state index contributed by atoms with van der Waals surface area (Å²) in [6.45, 7) is -0.457. The molecule has 4 rings (SSSR count). The van der Waals surface area contributed by atoms with Gasteiger partial charge in [0.1, 0.15) is 11.5 Å². The molecule has 2 aromatic heterocycles. The van der Waals surface area contributed by atoms with E-state index >= 15 is 0 Å². The van der Waals surface area contributed by atoms with E-state index in [1.165, 1.54) is 10.5 Å². The number of nitrogens with zero attached hydrogens (tertiary/aromatic N) is 2. The third-order valence-electron chi connectivity index (χ3n) is 5.80. The van der Waals surface area contributed by atoms with Gasteiger partial charge in [-0.25, -0.2) is 13.8 Å². The number of halogens is 5. The van der Waals surface area contributed by atoms with Crippen LogP contribution in [0.15, 0.2) is 48.7 Å². The van der Waals surface area contributed by atoms with Crippen LogP contribution in [0.2, 0.25) is 0 Å². The number of amides is 1. The molecule has 1 saturated carbocycles. The lowest BCUT2D eigenvalue weighted by molar-refractivity contribution is -0.140. The van der Waals surface area contributed by atoms with Crippen LogP contribution in [0.4, 0.5) is 33.5 Å². The summed E-state index contributed by atoms with van der Waals surface area (Å²) in [4.78, 5) is 16.2. The molecule has 1 amide bonds. The van der Waals surface area contributed by atoms with E-state index in [2.05, 4.69) is 20.9 Å². The predicted octanol–water partition coefficient (Wildman–Crippen LogP) is 5.18. The fourth-order valence-electron chi connectivity index (χ4n) is 4.06. The molecule has 1 aliphatic rings. The molecule has 0 atom stereocenters. The van der Waals surface area contributed by atoms with Crippen molar-refractivity contribution in [2.45, 2.75) is 50.4 Å². The van der Waals surface area contributed by atoms with Crippen LogP contribution in [0, 0.1) is 0 Å². The number of aromatic nitrogens is 2. The van der Waals surface area contributed by atoms with Crippen molar-refractivity contribution in [3.8, 4) is 0 Å². The summed E-state index contributed by atoms with van der Waals surface area (Å²) in [5.41, 5.74) is 0.230. The third-order valence-corrected chi connectivity index (χ3v) is 5.80. The van der Waals surface area contributed by atoms with Gasteiger partial charge in [-0.05, 0) is 62.1 Å². The molecule has 182 valence electrons. The summed E-state index contributed by atoms with van der Waals surface area (Å²) < 4.78 is 65.0. The lowest BCUT2D eigenvalue weighted by atomic mass is 9.91. The number of benzene rings is 1. The largest absolute Gasteiger partial charge is 0.434 e. The lowest BCUT2D eigenvalue weighted by Gasteiger charge is -2.30. The Labute approximate surface area is 192 Å². The average molecular weight is 481 g/mol. The fraction of sp³-hybridized carbons (Fsp3) is 0.391. The van der Waals surface area contributed by atoms with E-state index in [0.717, 1.165) is 19.0 Å². The van der Waals surface area contributed by atoms with Crippen LogP contribution in [-0.4, -0.2) is 40.3 Å². The van der Waals surface area contributed by atoms with Gasteiger partial charge in [0.05, 0.1) is 6.54 Å². The van der Waals surface area contributed by atoms with Crippen molar-refractivity contribution in [1.29, 1.82) is 0 Å². The zero-order chi connectivity index (χ0) is 24.3. The number of fused-ring (bicyclic) bond motifs is 1. The SMILES string of the molecule is O=C(N[C@H]1CC[C@@H](Nc2cccc3nc(C(F)(F)F)cn23)CC1)c1ccc(NCC(F)F)cc1. The highest BCUT2D eigenvalue weighted by Crippen LogP contribution is 2.30. The van der Waals surface area contributed by atoms with Crippen LogP contribution in [0.5, 0.6) is 0 Å². The monoisotopic (exact) mass is 481 g/mol. The molecule has 0 unspecified atom stereocenters. The van der Waals surface area contributed by atoms with E-state index in [0.29, 0.717) is 29.9 Å². The van der Waals surface area contributed by atoms with Crippen molar-refractivity contribution >= 4 is 23.1 Å². The van der Waals surface area contributed by atoms with E-state index in [1.54, 1.807) is 36.4 Å². The average Bonchev–Trinajstić information content (AvgIpc) is 3.25. The van der Waals surface area contributed by atoms with E-state index in [-0.39, 0.29) is 23.6 Å². The minimum Gasteiger partial charge on any atom is -0.379 e. The summed E-state index contributed by atoms with van der Waals surface area (Å²) >= 11 is 0. The van der Waals surface area contributed by atoms with E-state index < -0.39 is 24.8 Å². The van der Waals surface area contributed by atoms with E-state index in [9.17, 15) is 26.7 Å². The van der Waals surface area contributed by atoms with Gasteiger partial charge in [-0.15, -0.1) is 0 Å². The number of carbonyl (C=O) groups is 1. The Morgan fingerprint density at radius 3 is 2.35 bits per heavy atom. The van der Waals surface area contributed by atoms with E-state index in [1.807, 2.05) is 0 Å². The Bertz CT molecular complexity index is 1120. The maximum absolute atomic E-state index is 13.0.